The Balaban J connectivity index is 0.00000155. The lowest BCUT2D eigenvalue weighted by atomic mass is 10.2. The van der Waals surface area contributed by atoms with Gasteiger partial charge in [-0.2, -0.15) is 13.5 Å². The van der Waals surface area contributed by atoms with Gasteiger partial charge in [-0.15, -0.1) is 0 Å². The quantitative estimate of drug-likeness (QED) is 0.227. The number of aryl methyl sites for hydroxylation is 2. The van der Waals surface area contributed by atoms with E-state index in [2.05, 4.69) is 15.7 Å². The molecule has 0 aliphatic heterocycles. The molecule has 42 heavy (non-hydrogen) atoms. The summed E-state index contributed by atoms with van der Waals surface area (Å²) in [5.74, 6) is -2.67. The number of phenolic OH excluding ortho intramolecular Hbond substituents is 1. The zero-order valence-electron chi connectivity index (χ0n) is 21.7. The topological polar surface area (TPSA) is 165 Å². The zero-order valence-corrected chi connectivity index (χ0v) is 25.6. The number of amides is 2. The van der Waals surface area contributed by atoms with Gasteiger partial charge in [-0.3, -0.25) is 9.59 Å². The van der Waals surface area contributed by atoms with Gasteiger partial charge in [-0.1, -0.05) is 52.5 Å². The van der Waals surface area contributed by atoms with E-state index in [-0.39, 0.29) is 26.9 Å². The number of carbonyl (C=O) groups is 2. The summed E-state index contributed by atoms with van der Waals surface area (Å²) in [7, 11) is -3.90. The Bertz CT molecular complexity index is 1780. The van der Waals surface area contributed by atoms with E-state index in [4.69, 9.17) is 43.2 Å². The van der Waals surface area contributed by atoms with Crippen LogP contribution in [-0.2, 0) is 26.2 Å². The maximum atomic E-state index is 12.8. The van der Waals surface area contributed by atoms with Crippen LogP contribution in [0.25, 0.3) is 5.69 Å². The van der Waals surface area contributed by atoms with Crippen molar-refractivity contribution in [2.75, 3.05) is 16.4 Å². The van der Waals surface area contributed by atoms with Crippen molar-refractivity contribution in [1.29, 1.82) is 0 Å². The number of nitrogens with zero attached hydrogens (tertiary/aromatic N) is 2. The summed E-state index contributed by atoms with van der Waals surface area (Å²) in [6, 6.07) is 11.8. The van der Waals surface area contributed by atoms with Gasteiger partial charge in [-0.25, -0.2) is 13.1 Å². The molecule has 4 aromatic rings. The molecular formula is C26H21Cl3N4O7S2. The molecule has 0 saturated carbocycles. The first-order valence-electron chi connectivity index (χ1n) is 11.6. The smallest absolute Gasteiger partial charge is 0.335 e. The molecule has 16 heteroatoms. The van der Waals surface area contributed by atoms with Crippen molar-refractivity contribution in [1.82, 2.24) is 9.78 Å². The van der Waals surface area contributed by atoms with Crippen molar-refractivity contribution in [3.8, 4) is 11.4 Å². The standard InChI is InChI=1S/C26H21Cl3N4O5S.O2S/c1-14-3-5-18(6-4-14)39(37,38)13-24(35)31-21-10-23(34)22(9-19(21)27)32-26(36)16-11-30-33(12-16)17-7-15(2)25(29)20(28)8-17;1-3-2/h3-12,34H,13H2,1-2H3,(H,31,35)(H,32,36);. The summed E-state index contributed by atoms with van der Waals surface area (Å²) in [5, 5.41) is 20.2. The van der Waals surface area contributed by atoms with Gasteiger partial charge in [-0.05, 0) is 49.7 Å². The molecule has 2 amide bonds. The summed E-state index contributed by atoms with van der Waals surface area (Å²) in [6.45, 7) is 3.60. The fourth-order valence-electron chi connectivity index (χ4n) is 3.56. The number of phenols is 1. The lowest BCUT2D eigenvalue weighted by Gasteiger charge is -2.12. The Labute approximate surface area is 258 Å². The fraction of sp³-hybridized carbons (Fsp3) is 0.115. The Morgan fingerprint density at radius 3 is 2.21 bits per heavy atom. The molecule has 1 heterocycles. The molecule has 0 aliphatic carbocycles. The first kappa shape index (κ1) is 32.8. The molecule has 0 radical (unpaired) electrons. The van der Waals surface area contributed by atoms with Crippen LogP contribution in [0.3, 0.4) is 0 Å². The Hall–Kier alpha value is -3.75. The van der Waals surface area contributed by atoms with Crippen molar-refractivity contribution < 1.29 is 31.5 Å². The van der Waals surface area contributed by atoms with E-state index in [9.17, 15) is 23.1 Å². The predicted molar refractivity (Wildman–Crippen MR) is 160 cm³/mol. The van der Waals surface area contributed by atoms with E-state index in [1.165, 1.54) is 35.3 Å². The minimum atomic E-state index is -3.90. The number of hydrogen-bond acceptors (Lipinski definition) is 8. The average Bonchev–Trinajstić information content (AvgIpc) is 3.41. The van der Waals surface area contributed by atoms with Crippen LogP contribution in [0.1, 0.15) is 21.5 Å². The third-order valence-corrected chi connectivity index (χ3v) is 8.45. The van der Waals surface area contributed by atoms with Gasteiger partial charge in [0, 0.05) is 12.3 Å². The summed E-state index contributed by atoms with van der Waals surface area (Å²) in [4.78, 5) is 25.2. The molecule has 0 atom stereocenters. The molecular weight excluding hydrogens is 651 g/mol. The monoisotopic (exact) mass is 670 g/mol. The van der Waals surface area contributed by atoms with Crippen LogP contribution in [0.4, 0.5) is 11.4 Å². The highest BCUT2D eigenvalue weighted by Gasteiger charge is 2.21. The first-order valence-corrected chi connectivity index (χ1v) is 15.1. The number of sulfone groups is 1. The van der Waals surface area contributed by atoms with Gasteiger partial charge in [0.05, 0.1) is 48.8 Å². The van der Waals surface area contributed by atoms with Gasteiger partial charge < -0.3 is 15.7 Å². The summed E-state index contributed by atoms with van der Waals surface area (Å²) in [5.41, 5.74) is 2.32. The van der Waals surface area contributed by atoms with Gasteiger partial charge in [0.15, 0.2) is 9.84 Å². The van der Waals surface area contributed by atoms with Crippen molar-refractivity contribution >= 4 is 79.4 Å². The molecule has 4 rings (SSSR count). The molecule has 3 aromatic carbocycles. The van der Waals surface area contributed by atoms with Crippen LogP contribution < -0.4 is 10.6 Å². The third-order valence-electron chi connectivity index (χ3n) is 5.61. The third kappa shape index (κ3) is 8.17. The van der Waals surface area contributed by atoms with E-state index in [0.717, 1.165) is 17.2 Å². The molecule has 0 saturated heterocycles. The summed E-state index contributed by atoms with van der Waals surface area (Å²) < 4.78 is 43.1. The van der Waals surface area contributed by atoms with E-state index < -0.39 is 44.7 Å². The van der Waals surface area contributed by atoms with Gasteiger partial charge in [0.25, 0.3) is 5.91 Å². The number of benzene rings is 3. The second-order valence-electron chi connectivity index (χ2n) is 8.72. The van der Waals surface area contributed by atoms with Gasteiger partial charge >= 0.3 is 11.6 Å². The molecule has 1 aromatic heterocycles. The Kier molecular flexibility index (Phi) is 10.9. The maximum Gasteiger partial charge on any atom is 0.335 e. The van der Waals surface area contributed by atoms with Crippen molar-refractivity contribution in [3.05, 3.63) is 92.7 Å². The molecule has 0 unspecified atom stereocenters. The molecule has 0 bridgehead atoms. The average molecular weight is 672 g/mol. The second kappa shape index (κ2) is 13.9. The number of anilines is 2. The maximum absolute atomic E-state index is 12.8. The molecule has 3 N–H and O–H groups in total. The second-order valence-corrected chi connectivity index (χ2v) is 12.0. The van der Waals surface area contributed by atoms with Crippen molar-refractivity contribution in [2.45, 2.75) is 18.7 Å². The Morgan fingerprint density at radius 1 is 0.952 bits per heavy atom. The number of rotatable bonds is 7. The van der Waals surface area contributed by atoms with Gasteiger partial charge in [0.2, 0.25) is 5.91 Å². The number of aromatic nitrogens is 2. The van der Waals surface area contributed by atoms with Crippen molar-refractivity contribution in [3.63, 3.8) is 0 Å². The highest BCUT2D eigenvalue weighted by Crippen LogP contribution is 2.34. The summed E-state index contributed by atoms with van der Waals surface area (Å²) >= 11 is 17.7. The van der Waals surface area contributed by atoms with Crippen LogP contribution in [0.5, 0.6) is 5.75 Å². The lowest BCUT2D eigenvalue weighted by molar-refractivity contribution is -0.113. The molecule has 220 valence electrons. The number of aromatic hydroxyl groups is 1. The van der Waals surface area contributed by atoms with Crippen LogP contribution >= 0.6 is 34.8 Å². The molecule has 0 fully saturated rings. The lowest BCUT2D eigenvalue weighted by Crippen LogP contribution is -2.23. The summed E-state index contributed by atoms with van der Waals surface area (Å²) in [6.07, 6.45) is 2.80. The van der Waals surface area contributed by atoms with E-state index in [0.29, 0.717) is 15.7 Å². The highest BCUT2D eigenvalue weighted by atomic mass is 35.5. The number of hydrogen-bond donors (Lipinski definition) is 3. The predicted octanol–water partition coefficient (Wildman–Crippen LogP) is 5.15. The highest BCUT2D eigenvalue weighted by molar-refractivity contribution is 7.92. The van der Waals surface area contributed by atoms with Crippen LogP contribution in [-0.4, -0.2) is 49.3 Å². The number of halogens is 3. The first-order chi connectivity index (χ1) is 19.7. The minimum absolute atomic E-state index is 0.00729. The molecule has 11 nitrogen and oxygen atoms in total. The Morgan fingerprint density at radius 2 is 1.60 bits per heavy atom. The normalized spacial score (nSPS) is 10.8. The van der Waals surface area contributed by atoms with Crippen LogP contribution in [0, 0.1) is 13.8 Å². The van der Waals surface area contributed by atoms with Crippen LogP contribution in [0.15, 0.2) is 65.8 Å². The number of carbonyl (C=O) groups excluding carboxylic acids is 2. The van der Waals surface area contributed by atoms with Gasteiger partial charge in [0.1, 0.15) is 11.5 Å². The van der Waals surface area contributed by atoms with Crippen LogP contribution in [0.2, 0.25) is 15.1 Å². The fourth-order valence-corrected chi connectivity index (χ4v) is 5.28. The minimum Gasteiger partial charge on any atom is -0.506 e. The van der Waals surface area contributed by atoms with E-state index in [1.54, 1.807) is 31.2 Å². The largest absolute Gasteiger partial charge is 0.506 e. The zero-order chi connectivity index (χ0) is 31.2. The van der Waals surface area contributed by atoms with Crippen molar-refractivity contribution in [2.24, 2.45) is 0 Å². The number of nitrogens with one attached hydrogen (secondary N) is 2. The SMILES string of the molecule is Cc1ccc(S(=O)(=O)CC(=O)Nc2cc(O)c(NC(=O)c3cnn(-c4cc(C)c(Cl)c(Cl)c4)c3)cc2Cl)cc1.O=S=O. The van der Waals surface area contributed by atoms with E-state index in [1.807, 2.05) is 6.92 Å². The molecule has 0 aliphatic rings. The molecule has 0 spiro atoms. The van der Waals surface area contributed by atoms with E-state index >= 15 is 0 Å².